The quantitative estimate of drug-likeness (QED) is 0.667. The highest BCUT2D eigenvalue weighted by atomic mass is 16.6. The number of allylic oxidation sites excluding steroid dienone is 1. The molecule has 0 aromatic heterocycles. The first-order valence-electron chi connectivity index (χ1n) is 6.50. The predicted molar refractivity (Wildman–Crippen MR) is 74.5 cm³/mol. The van der Waals surface area contributed by atoms with Gasteiger partial charge in [-0.2, -0.15) is 0 Å². The van der Waals surface area contributed by atoms with Gasteiger partial charge >= 0.3 is 12.1 Å². The Kier molecular flexibility index (Phi) is 7.57. The zero-order valence-electron chi connectivity index (χ0n) is 12.3. The molecule has 0 rings (SSSR count). The largest absolute Gasteiger partial charge is 0.480 e. The first-order valence-corrected chi connectivity index (χ1v) is 6.50. The molecular formula is C14H23NO5. The Morgan fingerprint density at radius 1 is 1.30 bits per heavy atom. The summed E-state index contributed by atoms with van der Waals surface area (Å²) < 4.78 is 4.98. The summed E-state index contributed by atoms with van der Waals surface area (Å²) in [5, 5.41) is 11.3. The summed E-state index contributed by atoms with van der Waals surface area (Å²) in [6, 6.07) is -1.13. The smallest absolute Gasteiger partial charge is 0.408 e. The normalized spacial score (nSPS) is 12.3. The molecule has 0 aliphatic carbocycles. The third-order valence-corrected chi connectivity index (χ3v) is 2.33. The summed E-state index contributed by atoms with van der Waals surface area (Å²) in [6.45, 7) is 8.55. The second kappa shape index (κ2) is 8.35. The van der Waals surface area contributed by atoms with Gasteiger partial charge in [0.25, 0.3) is 0 Å². The van der Waals surface area contributed by atoms with E-state index >= 15 is 0 Å². The molecule has 0 aliphatic rings. The molecule has 0 unspecified atom stereocenters. The van der Waals surface area contributed by atoms with Gasteiger partial charge in [-0.05, 0) is 33.6 Å². The van der Waals surface area contributed by atoms with Gasteiger partial charge in [-0.25, -0.2) is 9.59 Å². The molecule has 0 aliphatic heterocycles. The number of carboxylic acids is 1. The third-order valence-electron chi connectivity index (χ3n) is 2.33. The van der Waals surface area contributed by atoms with Crippen LogP contribution in [0.4, 0.5) is 4.79 Å². The van der Waals surface area contributed by atoms with Crippen molar-refractivity contribution in [3.63, 3.8) is 0 Å². The maximum absolute atomic E-state index is 11.5. The van der Waals surface area contributed by atoms with Crippen LogP contribution in [0.3, 0.4) is 0 Å². The number of carbonyl (C=O) groups excluding carboxylic acids is 2. The number of hydrogen-bond acceptors (Lipinski definition) is 4. The average molecular weight is 285 g/mol. The van der Waals surface area contributed by atoms with E-state index in [1.165, 1.54) is 0 Å². The average Bonchev–Trinajstić information content (AvgIpc) is 2.29. The van der Waals surface area contributed by atoms with Crippen LogP contribution in [0.25, 0.3) is 0 Å². The Labute approximate surface area is 119 Å². The van der Waals surface area contributed by atoms with E-state index in [0.717, 1.165) is 0 Å². The molecular weight excluding hydrogens is 262 g/mol. The molecule has 114 valence electrons. The number of rotatable bonds is 8. The van der Waals surface area contributed by atoms with Crippen LogP contribution in [0.15, 0.2) is 12.7 Å². The van der Waals surface area contributed by atoms with Crippen molar-refractivity contribution in [2.24, 2.45) is 0 Å². The summed E-state index contributed by atoms with van der Waals surface area (Å²) >= 11 is 0. The van der Waals surface area contributed by atoms with Crippen LogP contribution in [0.1, 0.15) is 46.5 Å². The van der Waals surface area contributed by atoms with Gasteiger partial charge in [-0.1, -0.05) is 6.08 Å². The minimum absolute atomic E-state index is 0.0462. The first-order chi connectivity index (χ1) is 9.15. The second-order valence-corrected chi connectivity index (χ2v) is 5.44. The lowest BCUT2D eigenvalue weighted by atomic mass is 10.1. The molecule has 2 N–H and O–H groups in total. The lowest BCUT2D eigenvalue weighted by Crippen LogP contribution is -2.43. The van der Waals surface area contributed by atoms with E-state index in [1.807, 2.05) is 0 Å². The van der Waals surface area contributed by atoms with Crippen molar-refractivity contribution in [1.82, 2.24) is 5.32 Å². The maximum atomic E-state index is 11.5. The highest BCUT2D eigenvalue weighted by Crippen LogP contribution is 2.08. The Morgan fingerprint density at radius 2 is 1.90 bits per heavy atom. The molecule has 0 spiro atoms. The van der Waals surface area contributed by atoms with Gasteiger partial charge in [0.15, 0.2) is 0 Å². The number of carbonyl (C=O) groups is 3. The molecule has 0 saturated carbocycles. The molecule has 6 nitrogen and oxygen atoms in total. The van der Waals surface area contributed by atoms with Gasteiger partial charge in [-0.3, -0.25) is 4.79 Å². The van der Waals surface area contributed by atoms with Gasteiger partial charge < -0.3 is 15.2 Å². The zero-order valence-corrected chi connectivity index (χ0v) is 12.3. The fourth-order valence-electron chi connectivity index (χ4n) is 1.40. The monoisotopic (exact) mass is 285 g/mol. The van der Waals surface area contributed by atoms with Crippen LogP contribution >= 0.6 is 0 Å². The molecule has 0 heterocycles. The Bertz CT molecular complexity index is 370. The lowest BCUT2D eigenvalue weighted by molar-refractivity contribution is -0.139. The first kappa shape index (κ1) is 18.1. The number of alkyl carbamates (subject to hydrolysis) is 1. The molecule has 0 saturated heterocycles. The molecule has 1 amide bonds. The molecule has 20 heavy (non-hydrogen) atoms. The minimum atomic E-state index is -1.19. The van der Waals surface area contributed by atoms with E-state index < -0.39 is 23.7 Å². The highest BCUT2D eigenvalue weighted by Gasteiger charge is 2.24. The van der Waals surface area contributed by atoms with Crippen LogP contribution < -0.4 is 5.32 Å². The fraction of sp³-hybridized carbons (Fsp3) is 0.643. The Morgan fingerprint density at radius 3 is 2.35 bits per heavy atom. The van der Waals surface area contributed by atoms with Crippen molar-refractivity contribution in [3.05, 3.63) is 12.7 Å². The summed E-state index contributed by atoms with van der Waals surface area (Å²) in [4.78, 5) is 34.0. The van der Waals surface area contributed by atoms with Crippen molar-refractivity contribution < 1.29 is 24.2 Å². The van der Waals surface area contributed by atoms with Crippen molar-refractivity contribution in [2.75, 3.05) is 0 Å². The molecule has 0 aromatic carbocycles. The molecule has 0 aromatic rings. The van der Waals surface area contributed by atoms with Crippen LogP contribution in [0, 0.1) is 0 Å². The van der Waals surface area contributed by atoms with Crippen molar-refractivity contribution in [3.8, 4) is 0 Å². The molecule has 0 bridgehead atoms. The predicted octanol–water partition coefficient (Wildman–Crippen LogP) is 2.28. The number of ketones is 1. The number of hydrogen-bond donors (Lipinski definition) is 2. The van der Waals surface area contributed by atoms with Gasteiger partial charge in [0.2, 0.25) is 0 Å². The molecule has 1 atom stereocenters. The number of aliphatic carboxylic acids is 1. The Hall–Kier alpha value is -1.85. The number of nitrogens with one attached hydrogen (secondary N) is 1. The topological polar surface area (TPSA) is 92.7 Å². The van der Waals surface area contributed by atoms with E-state index in [4.69, 9.17) is 9.84 Å². The SMILES string of the molecule is C=CCCC(=O)CC[C@@H](NC(=O)OC(C)(C)C)C(=O)O. The molecule has 0 radical (unpaired) electrons. The summed E-state index contributed by atoms with van der Waals surface area (Å²) in [5.41, 5.74) is -0.701. The summed E-state index contributed by atoms with van der Waals surface area (Å²) in [5.74, 6) is -1.24. The van der Waals surface area contributed by atoms with Gasteiger partial charge in [0, 0.05) is 12.8 Å². The van der Waals surface area contributed by atoms with E-state index in [9.17, 15) is 14.4 Å². The zero-order chi connectivity index (χ0) is 15.8. The van der Waals surface area contributed by atoms with Crippen molar-refractivity contribution in [2.45, 2.75) is 58.1 Å². The maximum Gasteiger partial charge on any atom is 0.408 e. The number of amides is 1. The number of carboxylic acid groups (broad SMARTS) is 1. The van der Waals surface area contributed by atoms with Crippen LogP contribution in [-0.2, 0) is 14.3 Å². The van der Waals surface area contributed by atoms with Gasteiger partial charge in [0.05, 0.1) is 0 Å². The lowest BCUT2D eigenvalue weighted by Gasteiger charge is -2.21. The fourth-order valence-corrected chi connectivity index (χ4v) is 1.40. The molecule has 0 fully saturated rings. The number of ether oxygens (including phenoxy) is 1. The van der Waals surface area contributed by atoms with Crippen LogP contribution in [0.5, 0.6) is 0 Å². The van der Waals surface area contributed by atoms with Crippen LogP contribution in [0.2, 0.25) is 0 Å². The van der Waals surface area contributed by atoms with Gasteiger partial charge in [-0.15, -0.1) is 6.58 Å². The standard InChI is InChI=1S/C14H23NO5/c1-5-6-7-10(16)8-9-11(12(17)18)15-13(19)20-14(2,3)4/h5,11H,1,6-9H2,2-4H3,(H,15,19)(H,17,18)/t11-/m1/s1. The number of Topliss-reactive ketones (excluding diaryl/α,β-unsaturated/α-hetero) is 1. The van der Waals surface area contributed by atoms with E-state index in [1.54, 1.807) is 26.8 Å². The van der Waals surface area contributed by atoms with Crippen LogP contribution in [-0.4, -0.2) is 34.6 Å². The van der Waals surface area contributed by atoms with Crippen molar-refractivity contribution in [1.29, 1.82) is 0 Å². The summed E-state index contributed by atoms with van der Waals surface area (Å²) in [7, 11) is 0. The minimum Gasteiger partial charge on any atom is -0.480 e. The van der Waals surface area contributed by atoms with Crippen molar-refractivity contribution >= 4 is 17.8 Å². The summed E-state index contributed by atoms with van der Waals surface area (Å²) in [6.07, 6.45) is 1.87. The second-order valence-electron chi connectivity index (χ2n) is 5.44. The van der Waals surface area contributed by atoms with E-state index in [0.29, 0.717) is 12.8 Å². The van der Waals surface area contributed by atoms with E-state index in [2.05, 4.69) is 11.9 Å². The third kappa shape index (κ3) is 9.13. The van der Waals surface area contributed by atoms with Gasteiger partial charge in [0.1, 0.15) is 17.4 Å². The highest BCUT2D eigenvalue weighted by molar-refractivity contribution is 5.82. The van der Waals surface area contributed by atoms with E-state index in [-0.39, 0.29) is 18.6 Å². The molecule has 6 heteroatoms. The Balaban J connectivity index is 4.30.